The van der Waals surface area contributed by atoms with Crippen molar-refractivity contribution in [2.75, 3.05) is 0 Å². The molecule has 1 saturated heterocycles. The molecule has 9 heteroatoms. The molecule has 0 unspecified atom stereocenters. The number of imide groups is 1. The highest BCUT2D eigenvalue weighted by molar-refractivity contribution is 8.18. The quantitative estimate of drug-likeness (QED) is 0.236. The molecule has 0 aliphatic carbocycles. The van der Waals surface area contributed by atoms with Crippen molar-refractivity contribution in [1.29, 1.82) is 0 Å². The molecule has 0 saturated carbocycles. The van der Waals surface area contributed by atoms with Crippen LogP contribution in [0.1, 0.15) is 11.1 Å². The molecule has 4 aromatic rings. The Kier molecular flexibility index (Phi) is 6.00. The van der Waals surface area contributed by atoms with Crippen molar-refractivity contribution >= 4 is 51.4 Å². The Morgan fingerprint density at radius 3 is 2.74 bits per heavy atom. The maximum Gasteiger partial charge on any atom is 0.293 e. The maximum absolute atomic E-state index is 13.9. The van der Waals surface area contributed by atoms with Gasteiger partial charge in [0.05, 0.1) is 17.6 Å². The maximum atomic E-state index is 13.9. The number of rotatable bonds is 5. The number of fused-ring (bicyclic) bond motifs is 1. The highest BCUT2D eigenvalue weighted by Gasteiger charge is 2.35. The molecule has 1 fully saturated rings. The zero-order valence-electron chi connectivity index (χ0n) is 17.4. The van der Waals surface area contributed by atoms with Gasteiger partial charge < -0.3 is 4.74 Å². The molecule has 0 atom stereocenters. The van der Waals surface area contributed by atoms with Crippen LogP contribution in [0.25, 0.3) is 16.8 Å². The average Bonchev–Trinajstić information content (AvgIpc) is 3.09. The van der Waals surface area contributed by atoms with Crippen molar-refractivity contribution in [2.24, 2.45) is 0 Å². The number of nitrogens with zero attached hydrogens (tertiary/aromatic N) is 3. The number of carbonyl (C=O) groups is 2. The second kappa shape index (κ2) is 9.24. The van der Waals surface area contributed by atoms with Crippen LogP contribution < -0.4 is 4.74 Å². The summed E-state index contributed by atoms with van der Waals surface area (Å²) in [5.41, 5.74) is 1.50. The van der Waals surface area contributed by atoms with Crippen molar-refractivity contribution in [3.8, 4) is 11.6 Å². The monoisotopic (exact) mass is 491 g/mol. The van der Waals surface area contributed by atoms with E-state index in [-0.39, 0.29) is 34.6 Å². The molecule has 34 heavy (non-hydrogen) atoms. The fourth-order valence-corrected chi connectivity index (χ4v) is 4.53. The molecule has 168 valence electrons. The predicted molar refractivity (Wildman–Crippen MR) is 129 cm³/mol. The summed E-state index contributed by atoms with van der Waals surface area (Å²) >= 11 is 6.58. The molecule has 1 aromatic heterocycles. The number of hydrogen-bond acceptors (Lipinski definition) is 6. The summed E-state index contributed by atoms with van der Waals surface area (Å²) in [4.78, 5) is 34.5. The van der Waals surface area contributed by atoms with Gasteiger partial charge in [-0.3, -0.25) is 14.5 Å². The van der Waals surface area contributed by atoms with Gasteiger partial charge in [-0.1, -0.05) is 54.6 Å². The van der Waals surface area contributed by atoms with E-state index in [1.165, 1.54) is 4.90 Å². The lowest BCUT2D eigenvalue weighted by Gasteiger charge is -2.14. The number of ether oxygens (including phenoxy) is 1. The molecule has 2 amide bonds. The zero-order valence-corrected chi connectivity index (χ0v) is 19.0. The summed E-state index contributed by atoms with van der Waals surface area (Å²) < 4.78 is 19.4. The first kappa shape index (κ1) is 22.1. The summed E-state index contributed by atoms with van der Waals surface area (Å²) in [6, 6.07) is 20.3. The highest BCUT2D eigenvalue weighted by Crippen LogP contribution is 2.35. The van der Waals surface area contributed by atoms with Gasteiger partial charge in [0.2, 0.25) is 11.1 Å². The molecule has 1 aliphatic rings. The van der Waals surface area contributed by atoms with E-state index in [0.29, 0.717) is 10.5 Å². The first-order valence-electron chi connectivity index (χ1n) is 10.2. The Labute approximate surface area is 203 Å². The first-order chi connectivity index (χ1) is 16.5. The van der Waals surface area contributed by atoms with E-state index in [4.69, 9.17) is 16.3 Å². The normalized spacial score (nSPS) is 14.9. The van der Waals surface area contributed by atoms with Crippen molar-refractivity contribution in [2.45, 2.75) is 6.54 Å². The Bertz CT molecular complexity index is 1470. The summed E-state index contributed by atoms with van der Waals surface area (Å²) in [5.74, 6) is -1.16. The van der Waals surface area contributed by atoms with Crippen LogP contribution >= 0.6 is 23.4 Å². The third kappa shape index (κ3) is 4.50. The minimum absolute atomic E-state index is 0.146. The Morgan fingerprint density at radius 2 is 1.85 bits per heavy atom. The SMILES string of the molecule is O=C1S/C(=C/c2cccc(Oc3nc(Cl)ncc3F)c2)C(=O)N1Cc1cccc2ccccc12. The zero-order chi connectivity index (χ0) is 23.7. The van der Waals surface area contributed by atoms with E-state index in [9.17, 15) is 14.0 Å². The Hall–Kier alpha value is -3.75. The summed E-state index contributed by atoms with van der Waals surface area (Å²) in [6.45, 7) is 0.181. The summed E-state index contributed by atoms with van der Waals surface area (Å²) in [5, 5.41) is 1.55. The molecule has 6 nitrogen and oxygen atoms in total. The van der Waals surface area contributed by atoms with Crippen molar-refractivity contribution in [3.63, 3.8) is 0 Å². The molecule has 0 spiro atoms. The number of thioether (sulfide) groups is 1. The van der Waals surface area contributed by atoms with Crippen LogP contribution in [-0.2, 0) is 11.3 Å². The van der Waals surface area contributed by atoms with Crippen molar-refractivity contribution in [1.82, 2.24) is 14.9 Å². The molecule has 0 bridgehead atoms. The van der Waals surface area contributed by atoms with Gasteiger partial charge >= 0.3 is 0 Å². The van der Waals surface area contributed by atoms with E-state index < -0.39 is 5.82 Å². The van der Waals surface area contributed by atoms with E-state index in [1.54, 1.807) is 30.3 Å². The average molecular weight is 492 g/mol. The van der Waals surface area contributed by atoms with E-state index >= 15 is 0 Å². The van der Waals surface area contributed by atoms with Gasteiger partial charge in [0, 0.05) is 0 Å². The van der Waals surface area contributed by atoms with Crippen molar-refractivity contribution in [3.05, 3.63) is 100 Å². The smallest absolute Gasteiger partial charge is 0.293 e. The second-order valence-electron chi connectivity index (χ2n) is 7.37. The lowest BCUT2D eigenvalue weighted by Crippen LogP contribution is -2.27. The van der Waals surface area contributed by atoms with Gasteiger partial charge in [0.1, 0.15) is 5.75 Å². The van der Waals surface area contributed by atoms with Crippen molar-refractivity contribution < 1.29 is 18.7 Å². The van der Waals surface area contributed by atoms with E-state index in [2.05, 4.69) is 9.97 Å². The van der Waals surface area contributed by atoms with Crippen LogP contribution in [-0.4, -0.2) is 26.0 Å². The van der Waals surface area contributed by atoms with Gasteiger partial charge in [-0.2, -0.15) is 9.37 Å². The minimum atomic E-state index is -0.760. The molecule has 0 radical (unpaired) electrons. The highest BCUT2D eigenvalue weighted by atomic mass is 35.5. The van der Waals surface area contributed by atoms with Crippen LogP contribution in [0, 0.1) is 5.82 Å². The fourth-order valence-electron chi connectivity index (χ4n) is 3.57. The topological polar surface area (TPSA) is 72.4 Å². The Balaban J connectivity index is 1.37. The van der Waals surface area contributed by atoms with E-state index in [0.717, 1.165) is 34.3 Å². The van der Waals surface area contributed by atoms with Crippen LogP contribution in [0.4, 0.5) is 9.18 Å². The van der Waals surface area contributed by atoms with Crippen LogP contribution in [0.3, 0.4) is 0 Å². The van der Waals surface area contributed by atoms with Crippen LogP contribution in [0.5, 0.6) is 11.6 Å². The molecule has 2 heterocycles. The lowest BCUT2D eigenvalue weighted by molar-refractivity contribution is -0.123. The first-order valence-corrected chi connectivity index (χ1v) is 11.4. The van der Waals surface area contributed by atoms with Gasteiger partial charge in [0.25, 0.3) is 17.0 Å². The number of benzene rings is 3. The van der Waals surface area contributed by atoms with Crippen LogP contribution in [0.15, 0.2) is 77.8 Å². The molecular weight excluding hydrogens is 477 g/mol. The number of carbonyl (C=O) groups excluding carboxylic acids is 2. The lowest BCUT2D eigenvalue weighted by atomic mass is 10.0. The summed E-state index contributed by atoms with van der Waals surface area (Å²) in [7, 11) is 0. The molecular formula is C25H15ClFN3O3S. The van der Waals surface area contributed by atoms with Crippen LogP contribution in [0.2, 0.25) is 5.28 Å². The largest absolute Gasteiger partial charge is 0.436 e. The number of amides is 2. The molecule has 3 aromatic carbocycles. The predicted octanol–water partition coefficient (Wildman–Crippen LogP) is 6.45. The van der Waals surface area contributed by atoms with Gasteiger partial charge in [-0.15, -0.1) is 0 Å². The fraction of sp³-hybridized carbons (Fsp3) is 0.0400. The third-order valence-corrected chi connectivity index (χ3v) is 6.22. The Morgan fingerprint density at radius 1 is 1.06 bits per heavy atom. The standard InChI is InChI=1S/C25H15ClFN3O3S/c26-24-28-13-20(27)22(29-24)33-18-9-3-5-15(11-18)12-21-23(31)30(25(32)34-21)14-17-8-4-7-16-6-1-2-10-19(16)17/h1-13H,14H2/b21-12+. The molecule has 5 rings (SSSR count). The molecule has 1 aliphatic heterocycles. The molecule has 0 N–H and O–H groups in total. The third-order valence-electron chi connectivity index (χ3n) is 5.13. The van der Waals surface area contributed by atoms with E-state index in [1.807, 2.05) is 42.5 Å². The van der Waals surface area contributed by atoms with Gasteiger partial charge in [-0.25, -0.2) is 4.98 Å². The van der Waals surface area contributed by atoms with Gasteiger partial charge in [-0.05, 0) is 63.5 Å². The summed E-state index contributed by atoms with van der Waals surface area (Å²) in [6.07, 6.45) is 2.52. The number of hydrogen-bond donors (Lipinski definition) is 0. The van der Waals surface area contributed by atoms with Gasteiger partial charge in [0.15, 0.2) is 0 Å². The minimum Gasteiger partial charge on any atom is -0.436 e. The number of aromatic nitrogens is 2. The number of halogens is 2. The second-order valence-corrected chi connectivity index (χ2v) is 8.70.